The van der Waals surface area contributed by atoms with Crippen molar-refractivity contribution in [2.75, 3.05) is 31.1 Å². The van der Waals surface area contributed by atoms with Gasteiger partial charge in [0.2, 0.25) is 0 Å². The molecule has 2 aliphatic carbocycles. The summed E-state index contributed by atoms with van der Waals surface area (Å²) in [6, 6.07) is 6.19. The molecule has 4 rings (SSSR count). The van der Waals surface area contributed by atoms with Gasteiger partial charge in [-0.2, -0.15) is 0 Å². The predicted octanol–water partition coefficient (Wildman–Crippen LogP) is 2.42. The van der Waals surface area contributed by atoms with Crippen molar-refractivity contribution in [3.8, 4) is 5.75 Å². The maximum absolute atomic E-state index is 11.3. The van der Waals surface area contributed by atoms with Gasteiger partial charge < -0.3 is 9.64 Å². The smallest absolute Gasteiger partial charge is 0.312 e. The molecular weight excluding hydrogens is 282 g/mol. The lowest BCUT2D eigenvalue weighted by atomic mass is 10.2. The van der Waals surface area contributed by atoms with Gasteiger partial charge in [0.15, 0.2) is 5.75 Å². The van der Waals surface area contributed by atoms with Crippen LogP contribution in [0.4, 0.5) is 11.4 Å². The Hall–Kier alpha value is -1.82. The Labute approximate surface area is 129 Å². The summed E-state index contributed by atoms with van der Waals surface area (Å²) < 4.78 is 5.65. The molecule has 1 aromatic carbocycles. The molecule has 3 fully saturated rings. The van der Waals surface area contributed by atoms with Crippen molar-refractivity contribution >= 4 is 11.4 Å². The van der Waals surface area contributed by atoms with Gasteiger partial charge in [0.25, 0.3) is 0 Å². The Balaban J connectivity index is 1.49. The van der Waals surface area contributed by atoms with E-state index in [-0.39, 0.29) is 16.7 Å². The summed E-state index contributed by atoms with van der Waals surface area (Å²) in [4.78, 5) is 15.8. The van der Waals surface area contributed by atoms with Crippen LogP contribution in [-0.2, 0) is 0 Å². The van der Waals surface area contributed by atoms with Gasteiger partial charge in [0.1, 0.15) is 0 Å². The molecule has 0 unspecified atom stereocenters. The van der Waals surface area contributed by atoms with Gasteiger partial charge >= 0.3 is 5.69 Å². The highest BCUT2D eigenvalue weighted by Gasteiger charge is 2.32. The van der Waals surface area contributed by atoms with Gasteiger partial charge in [0, 0.05) is 44.0 Å². The molecule has 3 aliphatic rings. The highest BCUT2D eigenvalue weighted by molar-refractivity contribution is 5.60. The van der Waals surface area contributed by atoms with Crippen molar-refractivity contribution in [2.24, 2.45) is 0 Å². The number of nitrogens with zero attached hydrogens (tertiary/aromatic N) is 3. The van der Waals surface area contributed by atoms with E-state index >= 15 is 0 Å². The van der Waals surface area contributed by atoms with Crippen LogP contribution in [0.25, 0.3) is 0 Å². The zero-order valence-corrected chi connectivity index (χ0v) is 12.6. The molecule has 0 radical (unpaired) electrons. The molecule has 6 heteroatoms. The molecule has 6 nitrogen and oxygen atoms in total. The standard InChI is InChI=1S/C16H21N3O3/c20-19(21)15-11-13(3-6-16(15)22-14-4-5-14)18-9-7-17(8-10-18)12-1-2-12/h3,6,11-12,14H,1-2,4-5,7-10H2. The summed E-state index contributed by atoms with van der Waals surface area (Å²) in [5, 5.41) is 11.3. The number of ether oxygens (including phenoxy) is 1. The average Bonchev–Trinajstić information content (AvgIpc) is 3.41. The number of hydrogen-bond acceptors (Lipinski definition) is 5. The molecule has 0 bridgehead atoms. The van der Waals surface area contributed by atoms with Crippen LogP contribution in [0.15, 0.2) is 18.2 Å². The van der Waals surface area contributed by atoms with E-state index in [2.05, 4.69) is 9.80 Å². The molecule has 0 spiro atoms. The maximum Gasteiger partial charge on any atom is 0.312 e. The van der Waals surface area contributed by atoms with Gasteiger partial charge in [-0.3, -0.25) is 15.0 Å². The van der Waals surface area contributed by atoms with E-state index in [1.165, 1.54) is 12.8 Å². The number of benzene rings is 1. The molecule has 1 aliphatic heterocycles. The monoisotopic (exact) mass is 303 g/mol. The van der Waals surface area contributed by atoms with Crippen molar-refractivity contribution in [3.05, 3.63) is 28.3 Å². The second kappa shape index (κ2) is 5.43. The van der Waals surface area contributed by atoms with E-state index in [9.17, 15) is 10.1 Å². The quantitative estimate of drug-likeness (QED) is 0.617. The van der Waals surface area contributed by atoms with Gasteiger partial charge in [-0.1, -0.05) is 0 Å². The Morgan fingerprint density at radius 3 is 2.41 bits per heavy atom. The van der Waals surface area contributed by atoms with Crippen LogP contribution in [0.2, 0.25) is 0 Å². The van der Waals surface area contributed by atoms with Gasteiger partial charge in [-0.15, -0.1) is 0 Å². The van der Waals surface area contributed by atoms with E-state index in [1.807, 2.05) is 6.07 Å². The Bertz CT molecular complexity index is 576. The Kier molecular flexibility index (Phi) is 3.41. The molecule has 1 heterocycles. The minimum Gasteiger partial charge on any atom is -0.483 e. The van der Waals surface area contributed by atoms with Crippen molar-refractivity contribution in [1.29, 1.82) is 0 Å². The van der Waals surface area contributed by atoms with Gasteiger partial charge in [0.05, 0.1) is 11.0 Å². The molecule has 0 amide bonds. The number of piperazine rings is 1. The third-order valence-electron chi connectivity index (χ3n) is 4.70. The largest absolute Gasteiger partial charge is 0.483 e. The number of nitro benzene ring substituents is 1. The molecular formula is C16H21N3O3. The summed E-state index contributed by atoms with van der Waals surface area (Å²) in [5.41, 5.74) is 1.03. The van der Waals surface area contributed by atoms with E-state index < -0.39 is 0 Å². The molecule has 0 atom stereocenters. The summed E-state index contributed by atoms with van der Waals surface area (Å²) in [6.45, 7) is 3.99. The van der Waals surface area contributed by atoms with Crippen molar-refractivity contribution in [3.63, 3.8) is 0 Å². The minimum absolute atomic E-state index is 0.0917. The first-order valence-corrected chi connectivity index (χ1v) is 8.15. The second-order valence-electron chi connectivity index (χ2n) is 6.48. The van der Waals surface area contributed by atoms with Crippen molar-refractivity contribution in [1.82, 2.24) is 4.90 Å². The molecule has 0 N–H and O–H groups in total. The number of nitro groups is 1. The van der Waals surface area contributed by atoms with Crippen molar-refractivity contribution < 1.29 is 9.66 Å². The first-order chi connectivity index (χ1) is 10.7. The fraction of sp³-hybridized carbons (Fsp3) is 0.625. The van der Waals surface area contributed by atoms with Crippen LogP contribution in [-0.4, -0.2) is 48.1 Å². The zero-order valence-electron chi connectivity index (χ0n) is 12.6. The van der Waals surface area contributed by atoms with E-state index in [4.69, 9.17) is 4.74 Å². The molecule has 2 saturated carbocycles. The molecule has 22 heavy (non-hydrogen) atoms. The lowest BCUT2D eigenvalue weighted by molar-refractivity contribution is -0.385. The fourth-order valence-corrected chi connectivity index (χ4v) is 3.10. The molecule has 0 aromatic heterocycles. The van der Waals surface area contributed by atoms with Gasteiger partial charge in [-0.05, 0) is 37.8 Å². The topological polar surface area (TPSA) is 58.9 Å². The second-order valence-corrected chi connectivity index (χ2v) is 6.48. The summed E-state index contributed by atoms with van der Waals surface area (Å²) in [6.07, 6.45) is 4.84. The average molecular weight is 303 g/mol. The van der Waals surface area contributed by atoms with E-state index in [0.717, 1.165) is 50.7 Å². The van der Waals surface area contributed by atoms with E-state index in [0.29, 0.717) is 5.75 Å². The lowest BCUT2D eigenvalue weighted by Crippen LogP contribution is -2.47. The third-order valence-corrected chi connectivity index (χ3v) is 4.70. The third kappa shape index (κ3) is 2.88. The Morgan fingerprint density at radius 1 is 1.09 bits per heavy atom. The lowest BCUT2D eigenvalue weighted by Gasteiger charge is -2.36. The predicted molar refractivity (Wildman–Crippen MR) is 83.6 cm³/mol. The summed E-state index contributed by atoms with van der Waals surface area (Å²) in [5.74, 6) is 0.410. The normalized spacial score (nSPS) is 22.6. The SMILES string of the molecule is O=[N+]([O-])c1cc(N2CCN(C3CC3)CC2)ccc1OC1CC1. The van der Waals surface area contributed by atoms with Crippen LogP contribution in [0.5, 0.6) is 5.75 Å². The van der Waals surface area contributed by atoms with Crippen LogP contribution in [0.3, 0.4) is 0 Å². The minimum atomic E-state index is -0.332. The number of hydrogen-bond donors (Lipinski definition) is 0. The number of rotatable bonds is 5. The highest BCUT2D eigenvalue weighted by Crippen LogP contribution is 2.36. The summed E-state index contributed by atoms with van der Waals surface area (Å²) in [7, 11) is 0. The number of anilines is 1. The zero-order chi connectivity index (χ0) is 15.1. The van der Waals surface area contributed by atoms with Crippen LogP contribution < -0.4 is 9.64 Å². The highest BCUT2D eigenvalue weighted by atomic mass is 16.6. The van der Waals surface area contributed by atoms with Crippen LogP contribution in [0.1, 0.15) is 25.7 Å². The van der Waals surface area contributed by atoms with E-state index in [1.54, 1.807) is 12.1 Å². The molecule has 1 saturated heterocycles. The van der Waals surface area contributed by atoms with Gasteiger partial charge in [-0.25, -0.2) is 0 Å². The van der Waals surface area contributed by atoms with Crippen LogP contribution in [0, 0.1) is 10.1 Å². The first-order valence-electron chi connectivity index (χ1n) is 8.15. The summed E-state index contributed by atoms with van der Waals surface area (Å²) >= 11 is 0. The first kappa shape index (κ1) is 13.8. The maximum atomic E-state index is 11.3. The molecule has 118 valence electrons. The fourth-order valence-electron chi connectivity index (χ4n) is 3.10. The Morgan fingerprint density at radius 2 is 1.82 bits per heavy atom. The van der Waals surface area contributed by atoms with Crippen molar-refractivity contribution in [2.45, 2.75) is 37.8 Å². The van der Waals surface area contributed by atoms with Crippen LogP contribution >= 0.6 is 0 Å². The molecule has 1 aromatic rings.